The van der Waals surface area contributed by atoms with Crippen molar-refractivity contribution < 1.29 is 39.5 Å². The topological polar surface area (TPSA) is 134 Å². The largest absolute Gasteiger partial charge is 0.463 e. The molecule has 0 aromatic carbocycles. The van der Waals surface area contributed by atoms with Crippen LogP contribution in [0.2, 0.25) is 0 Å². The Hall–Kier alpha value is -1.48. The average Bonchev–Trinajstić information content (AvgIpc) is 3.27. The zero-order valence-corrected chi connectivity index (χ0v) is 28.2. The second-order valence-corrected chi connectivity index (χ2v) is 13.2. The SMILES string of the molecule is CCCCC[C@H](O)/C=C/[C@@H]1[C@@H](CCCCCCC(=O)OC[C@H](O)COC(=O)CCCCCCCCC(C)CC)[C@@H](O)C[C@H]1O. The van der Waals surface area contributed by atoms with Crippen molar-refractivity contribution in [3.8, 4) is 0 Å². The lowest BCUT2D eigenvalue weighted by atomic mass is 9.88. The fourth-order valence-electron chi connectivity index (χ4n) is 5.98. The minimum absolute atomic E-state index is 0.0289. The molecule has 1 aliphatic rings. The lowest BCUT2D eigenvalue weighted by molar-refractivity contribution is -0.152. The van der Waals surface area contributed by atoms with Gasteiger partial charge >= 0.3 is 11.9 Å². The third-order valence-corrected chi connectivity index (χ3v) is 9.14. The van der Waals surface area contributed by atoms with Gasteiger partial charge in [-0.2, -0.15) is 0 Å². The lowest BCUT2D eigenvalue weighted by Gasteiger charge is -2.21. The Bertz CT molecular complexity index is 756. The van der Waals surface area contributed by atoms with Crippen molar-refractivity contribution in [2.75, 3.05) is 13.2 Å². The fourth-order valence-corrected chi connectivity index (χ4v) is 5.98. The summed E-state index contributed by atoms with van der Waals surface area (Å²) in [7, 11) is 0. The van der Waals surface area contributed by atoms with Crippen LogP contribution in [0.4, 0.5) is 0 Å². The molecule has 0 spiro atoms. The number of rotatable bonds is 27. The van der Waals surface area contributed by atoms with E-state index >= 15 is 0 Å². The molecule has 7 atom stereocenters. The second kappa shape index (κ2) is 25.7. The van der Waals surface area contributed by atoms with Crippen LogP contribution in [0.25, 0.3) is 0 Å². The quantitative estimate of drug-likeness (QED) is 0.0445. The molecule has 0 aromatic rings. The van der Waals surface area contributed by atoms with Gasteiger partial charge in [0.05, 0.1) is 18.3 Å². The number of aliphatic hydroxyl groups excluding tert-OH is 4. The van der Waals surface area contributed by atoms with Gasteiger partial charge in [-0.25, -0.2) is 0 Å². The molecule has 0 saturated heterocycles. The van der Waals surface area contributed by atoms with E-state index in [4.69, 9.17) is 9.47 Å². The highest BCUT2D eigenvalue weighted by Gasteiger charge is 2.39. The summed E-state index contributed by atoms with van der Waals surface area (Å²) in [5.74, 6) is -0.0698. The van der Waals surface area contributed by atoms with Crippen LogP contribution in [-0.2, 0) is 19.1 Å². The Morgan fingerprint density at radius 3 is 1.89 bits per heavy atom. The third kappa shape index (κ3) is 19.8. The molecule has 1 aliphatic carbocycles. The number of esters is 2. The summed E-state index contributed by atoms with van der Waals surface area (Å²) in [5.41, 5.74) is 0. The predicted octanol–water partition coefficient (Wildman–Crippen LogP) is 6.80. The summed E-state index contributed by atoms with van der Waals surface area (Å²) >= 11 is 0. The lowest BCUT2D eigenvalue weighted by Crippen LogP contribution is -2.25. The number of unbranched alkanes of at least 4 members (excludes halogenated alkanes) is 10. The van der Waals surface area contributed by atoms with Crippen LogP contribution in [-0.4, -0.2) is 70.0 Å². The number of aliphatic hydroxyl groups is 4. The van der Waals surface area contributed by atoms with Crippen LogP contribution < -0.4 is 0 Å². The summed E-state index contributed by atoms with van der Waals surface area (Å²) < 4.78 is 10.3. The zero-order valence-electron chi connectivity index (χ0n) is 28.2. The van der Waals surface area contributed by atoms with Gasteiger partial charge in [0.1, 0.15) is 19.3 Å². The van der Waals surface area contributed by atoms with Crippen LogP contribution in [0.3, 0.4) is 0 Å². The maximum Gasteiger partial charge on any atom is 0.305 e. The number of carbonyl (C=O) groups is 2. The molecule has 1 unspecified atom stereocenters. The molecule has 0 bridgehead atoms. The summed E-state index contributed by atoms with van der Waals surface area (Å²) in [4.78, 5) is 24.0. The van der Waals surface area contributed by atoms with Crippen molar-refractivity contribution >= 4 is 11.9 Å². The van der Waals surface area contributed by atoms with Crippen LogP contribution in [0.15, 0.2) is 12.2 Å². The van der Waals surface area contributed by atoms with E-state index in [9.17, 15) is 30.0 Å². The van der Waals surface area contributed by atoms with E-state index in [1.165, 1.54) is 32.1 Å². The van der Waals surface area contributed by atoms with Crippen LogP contribution >= 0.6 is 0 Å². The smallest absolute Gasteiger partial charge is 0.305 e. The summed E-state index contributed by atoms with van der Waals surface area (Å²) in [6, 6.07) is 0. The standard InChI is InChI=1S/C36H66O8/c1-4-6-13-19-29(37)23-24-32-31(33(39)25-34(32)40)20-15-11-12-17-22-36(42)44-27-30(38)26-43-35(41)21-16-10-8-7-9-14-18-28(3)5-2/h23-24,28-34,37-40H,4-22,25-27H2,1-3H3/b24-23+/t28?,29-,30+,31+,32+,33-,34+/m0/s1. The average molecular weight is 627 g/mol. The first-order valence-corrected chi connectivity index (χ1v) is 17.9. The first-order chi connectivity index (χ1) is 21.2. The van der Waals surface area contributed by atoms with Gasteiger partial charge in [-0.3, -0.25) is 9.59 Å². The monoisotopic (exact) mass is 626 g/mol. The van der Waals surface area contributed by atoms with Crippen molar-refractivity contribution in [1.82, 2.24) is 0 Å². The van der Waals surface area contributed by atoms with Crippen molar-refractivity contribution in [2.24, 2.45) is 17.8 Å². The number of hydrogen-bond donors (Lipinski definition) is 4. The van der Waals surface area contributed by atoms with Crippen molar-refractivity contribution in [1.29, 1.82) is 0 Å². The van der Waals surface area contributed by atoms with Gasteiger partial charge in [-0.15, -0.1) is 0 Å². The van der Waals surface area contributed by atoms with E-state index in [1.54, 1.807) is 6.08 Å². The van der Waals surface area contributed by atoms with Crippen molar-refractivity contribution in [2.45, 2.75) is 174 Å². The Kier molecular flexibility index (Phi) is 23.7. The first-order valence-electron chi connectivity index (χ1n) is 17.9. The van der Waals surface area contributed by atoms with Gasteiger partial charge in [-0.05, 0) is 37.5 Å². The van der Waals surface area contributed by atoms with Crippen molar-refractivity contribution in [3.05, 3.63) is 12.2 Å². The summed E-state index contributed by atoms with van der Waals surface area (Å²) in [5, 5.41) is 41.1. The Labute approximate surface area is 268 Å². The van der Waals surface area contributed by atoms with Gasteiger partial charge in [0.15, 0.2) is 0 Å². The fraction of sp³-hybridized carbons (Fsp3) is 0.889. The van der Waals surface area contributed by atoms with E-state index in [1.807, 2.05) is 6.08 Å². The number of ether oxygens (including phenoxy) is 2. The van der Waals surface area contributed by atoms with Crippen molar-refractivity contribution in [3.63, 3.8) is 0 Å². The maximum absolute atomic E-state index is 12.0. The van der Waals surface area contributed by atoms with E-state index < -0.39 is 24.4 Å². The van der Waals surface area contributed by atoms with E-state index in [0.717, 1.165) is 70.1 Å². The number of carbonyl (C=O) groups excluding carboxylic acids is 2. The molecule has 4 N–H and O–H groups in total. The molecule has 0 amide bonds. The van der Waals surface area contributed by atoms with Gasteiger partial charge in [0.25, 0.3) is 0 Å². The molecule has 258 valence electrons. The second-order valence-electron chi connectivity index (χ2n) is 13.2. The molecular weight excluding hydrogens is 560 g/mol. The first kappa shape index (κ1) is 40.5. The molecular formula is C36H66O8. The van der Waals surface area contributed by atoms with E-state index in [-0.39, 0.29) is 43.4 Å². The molecule has 8 heteroatoms. The van der Waals surface area contributed by atoms with E-state index in [0.29, 0.717) is 25.7 Å². The highest BCUT2D eigenvalue weighted by atomic mass is 16.6. The Balaban J connectivity index is 2.08. The summed E-state index contributed by atoms with van der Waals surface area (Å²) in [6.07, 6.45) is 19.1. The van der Waals surface area contributed by atoms with Gasteiger partial charge in [-0.1, -0.05) is 116 Å². The molecule has 44 heavy (non-hydrogen) atoms. The summed E-state index contributed by atoms with van der Waals surface area (Å²) in [6.45, 7) is 6.30. The Morgan fingerprint density at radius 1 is 0.750 bits per heavy atom. The minimum atomic E-state index is -1.03. The molecule has 0 heterocycles. The molecule has 0 aromatic heterocycles. The Morgan fingerprint density at radius 2 is 1.30 bits per heavy atom. The minimum Gasteiger partial charge on any atom is -0.463 e. The molecule has 1 saturated carbocycles. The normalized spacial score (nSPS) is 22.2. The molecule has 8 nitrogen and oxygen atoms in total. The van der Waals surface area contributed by atoms with Crippen LogP contribution in [0.1, 0.15) is 149 Å². The molecule has 0 radical (unpaired) electrons. The highest BCUT2D eigenvalue weighted by molar-refractivity contribution is 5.69. The molecule has 0 aliphatic heterocycles. The van der Waals surface area contributed by atoms with Crippen LogP contribution in [0.5, 0.6) is 0 Å². The molecule has 1 rings (SSSR count). The highest BCUT2D eigenvalue weighted by Crippen LogP contribution is 2.37. The third-order valence-electron chi connectivity index (χ3n) is 9.14. The maximum atomic E-state index is 12.0. The van der Waals surface area contributed by atoms with Gasteiger partial charge in [0.2, 0.25) is 0 Å². The number of hydrogen-bond acceptors (Lipinski definition) is 8. The van der Waals surface area contributed by atoms with Gasteiger partial charge in [0, 0.05) is 25.2 Å². The van der Waals surface area contributed by atoms with Gasteiger partial charge < -0.3 is 29.9 Å². The van der Waals surface area contributed by atoms with E-state index in [2.05, 4.69) is 20.8 Å². The predicted molar refractivity (Wildman–Crippen MR) is 175 cm³/mol. The van der Waals surface area contributed by atoms with Crippen LogP contribution in [0, 0.1) is 17.8 Å². The molecule has 1 fully saturated rings. The zero-order chi connectivity index (χ0) is 32.6.